The zero-order valence-corrected chi connectivity index (χ0v) is 14.4. The molecular formula is C18H22N4O3. The number of imidazole rings is 1. The van der Waals surface area contributed by atoms with E-state index in [-0.39, 0.29) is 17.7 Å². The van der Waals surface area contributed by atoms with Crippen LogP contribution in [0.3, 0.4) is 0 Å². The Hall–Kier alpha value is -2.57. The van der Waals surface area contributed by atoms with Crippen LogP contribution in [-0.4, -0.2) is 50.8 Å². The number of furan rings is 1. The number of hydrogen-bond acceptors (Lipinski definition) is 4. The number of nitrogens with zero attached hydrogens (tertiary/aromatic N) is 4. The van der Waals surface area contributed by atoms with E-state index in [1.807, 2.05) is 18.0 Å². The van der Waals surface area contributed by atoms with E-state index in [4.69, 9.17) is 4.42 Å². The summed E-state index contributed by atoms with van der Waals surface area (Å²) in [5.41, 5.74) is 0.837. The molecule has 1 unspecified atom stereocenters. The number of hydrogen-bond donors (Lipinski definition) is 0. The quantitative estimate of drug-likeness (QED) is 0.851. The van der Waals surface area contributed by atoms with Crippen LogP contribution < -0.4 is 0 Å². The molecule has 0 saturated carbocycles. The molecule has 2 aromatic heterocycles. The zero-order chi connectivity index (χ0) is 17.4. The zero-order valence-electron chi connectivity index (χ0n) is 14.4. The van der Waals surface area contributed by atoms with Crippen molar-refractivity contribution in [1.82, 2.24) is 19.4 Å². The minimum atomic E-state index is -0.114. The van der Waals surface area contributed by atoms with Crippen molar-refractivity contribution in [3.05, 3.63) is 41.9 Å². The van der Waals surface area contributed by atoms with Crippen LogP contribution in [0.5, 0.6) is 0 Å². The molecule has 1 saturated heterocycles. The average molecular weight is 342 g/mol. The highest BCUT2D eigenvalue weighted by atomic mass is 16.3. The summed E-state index contributed by atoms with van der Waals surface area (Å²) >= 11 is 0. The molecule has 2 aliphatic rings. The molecule has 0 aromatic carbocycles. The third-order valence-corrected chi connectivity index (χ3v) is 5.06. The first kappa shape index (κ1) is 15.9. The highest BCUT2D eigenvalue weighted by Gasteiger charge is 2.31. The second-order valence-electron chi connectivity index (χ2n) is 6.92. The molecule has 2 aromatic rings. The normalized spacial score (nSPS) is 20.7. The van der Waals surface area contributed by atoms with Gasteiger partial charge in [-0.15, -0.1) is 0 Å². The molecule has 0 spiro atoms. The monoisotopic (exact) mass is 342 g/mol. The van der Waals surface area contributed by atoms with Crippen LogP contribution >= 0.6 is 0 Å². The number of carbonyl (C=O) groups excluding carboxylic acids is 2. The van der Waals surface area contributed by atoms with E-state index in [0.717, 1.165) is 30.9 Å². The lowest BCUT2D eigenvalue weighted by atomic mass is 10.1. The Kier molecular flexibility index (Phi) is 4.07. The van der Waals surface area contributed by atoms with Gasteiger partial charge in [0.05, 0.1) is 12.8 Å². The molecule has 0 N–H and O–H groups in total. The molecule has 4 heterocycles. The largest absolute Gasteiger partial charge is 0.459 e. The first-order valence-electron chi connectivity index (χ1n) is 8.73. The SMILES string of the molecule is Cc1ccoc1C(=O)N1Cc2nccn2CC(CN2CCCC2=O)C1. The van der Waals surface area contributed by atoms with Gasteiger partial charge in [-0.25, -0.2) is 4.98 Å². The van der Waals surface area contributed by atoms with Crippen LogP contribution in [0.15, 0.2) is 29.1 Å². The molecule has 0 aliphatic carbocycles. The summed E-state index contributed by atoms with van der Waals surface area (Å²) in [4.78, 5) is 33.0. The predicted octanol–water partition coefficient (Wildman–Crippen LogP) is 1.68. The smallest absolute Gasteiger partial charge is 0.290 e. The van der Waals surface area contributed by atoms with Gasteiger partial charge < -0.3 is 18.8 Å². The Labute approximate surface area is 146 Å². The number of fused-ring (bicyclic) bond motifs is 1. The number of aryl methyl sites for hydroxylation is 1. The maximum atomic E-state index is 12.9. The number of likely N-dealkylation sites (tertiary alicyclic amines) is 1. The van der Waals surface area contributed by atoms with Crippen molar-refractivity contribution in [2.45, 2.75) is 32.9 Å². The molecule has 7 heteroatoms. The van der Waals surface area contributed by atoms with Crippen molar-refractivity contribution in [3.8, 4) is 0 Å². The molecule has 1 atom stereocenters. The predicted molar refractivity (Wildman–Crippen MR) is 89.7 cm³/mol. The van der Waals surface area contributed by atoms with Gasteiger partial charge in [-0.2, -0.15) is 0 Å². The molecule has 25 heavy (non-hydrogen) atoms. The average Bonchev–Trinajstić information content (AvgIpc) is 3.28. The van der Waals surface area contributed by atoms with E-state index in [9.17, 15) is 9.59 Å². The third-order valence-electron chi connectivity index (χ3n) is 5.06. The summed E-state index contributed by atoms with van der Waals surface area (Å²) in [7, 11) is 0. The van der Waals surface area contributed by atoms with Gasteiger partial charge in [0.25, 0.3) is 5.91 Å². The lowest BCUT2D eigenvalue weighted by molar-refractivity contribution is -0.128. The Morgan fingerprint density at radius 2 is 2.28 bits per heavy atom. The summed E-state index contributed by atoms with van der Waals surface area (Å²) in [5.74, 6) is 1.53. The standard InChI is InChI=1S/C18H22N4O3/c1-13-4-8-25-17(13)18(24)22-11-14(10-21-6-2-3-16(21)23)9-20-7-5-19-15(20)12-22/h4-5,7-8,14H,2-3,6,9-12H2,1H3. The first-order chi connectivity index (χ1) is 12.1. The van der Waals surface area contributed by atoms with E-state index in [1.54, 1.807) is 23.4 Å². The fourth-order valence-corrected chi connectivity index (χ4v) is 3.76. The minimum Gasteiger partial charge on any atom is -0.459 e. The molecule has 1 fully saturated rings. The van der Waals surface area contributed by atoms with Gasteiger partial charge in [0.2, 0.25) is 5.91 Å². The van der Waals surface area contributed by atoms with Crippen molar-refractivity contribution in [2.24, 2.45) is 5.92 Å². The molecular weight excluding hydrogens is 320 g/mol. The minimum absolute atomic E-state index is 0.114. The van der Waals surface area contributed by atoms with Crippen LogP contribution in [0.2, 0.25) is 0 Å². The van der Waals surface area contributed by atoms with Gasteiger partial charge in [0.1, 0.15) is 5.82 Å². The van der Waals surface area contributed by atoms with Gasteiger partial charge in [0, 0.05) is 56.5 Å². The fourth-order valence-electron chi connectivity index (χ4n) is 3.76. The topological polar surface area (TPSA) is 71.6 Å². The molecule has 7 nitrogen and oxygen atoms in total. The van der Waals surface area contributed by atoms with E-state index < -0.39 is 0 Å². The van der Waals surface area contributed by atoms with Gasteiger partial charge >= 0.3 is 0 Å². The van der Waals surface area contributed by atoms with Gasteiger partial charge in [-0.3, -0.25) is 9.59 Å². The summed E-state index contributed by atoms with van der Waals surface area (Å²) in [5, 5.41) is 0. The Morgan fingerprint density at radius 3 is 3.00 bits per heavy atom. The van der Waals surface area contributed by atoms with Crippen LogP contribution in [0, 0.1) is 12.8 Å². The number of rotatable bonds is 3. The third kappa shape index (κ3) is 3.06. The Morgan fingerprint density at radius 1 is 1.40 bits per heavy atom. The summed E-state index contributed by atoms with van der Waals surface area (Å²) in [6.07, 6.45) is 6.81. The highest BCUT2D eigenvalue weighted by molar-refractivity contribution is 5.92. The first-order valence-corrected chi connectivity index (χ1v) is 8.73. The fraction of sp³-hybridized carbons (Fsp3) is 0.500. The van der Waals surface area contributed by atoms with Crippen LogP contribution in [0.4, 0.5) is 0 Å². The van der Waals surface area contributed by atoms with E-state index in [1.165, 1.54) is 0 Å². The number of aromatic nitrogens is 2. The van der Waals surface area contributed by atoms with Crippen molar-refractivity contribution < 1.29 is 14.0 Å². The second kappa shape index (κ2) is 6.38. The van der Waals surface area contributed by atoms with E-state index in [0.29, 0.717) is 31.8 Å². The number of amides is 2. The maximum absolute atomic E-state index is 12.9. The lowest BCUT2D eigenvalue weighted by Crippen LogP contribution is -2.39. The van der Waals surface area contributed by atoms with Crippen LogP contribution in [0.1, 0.15) is 34.8 Å². The van der Waals surface area contributed by atoms with Crippen molar-refractivity contribution in [1.29, 1.82) is 0 Å². The molecule has 132 valence electrons. The van der Waals surface area contributed by atoms with Gasteiger partial charge in [0.15, 0.2) is 5.76 Å². The maximum Gasteiger partial charge on any atom is 0.290 e. The van der Waals surface area contributed by atoms with Crippen molar-refractivity contribution in [3.63, 3.8) is 0 Å². The van der Waals surface area contributed by atoms with Gasteiger partial charge in [-0.05, 0) is 19.4 Å². The van der Waals surface area contributed by atoms with E-state index >= 15 is 0 Å². The number of carbonyl (C=O) groups is 2. The molecule has 2 aliphatic heterocycles. The van der Waals surface area contributed by atoms with Crippen molar-refractivity contribution in [2.75, 3.05) is 19.6 Å². The molecule has 0 radical (unpaired) electrons. The second-order valence-corrected chi connectivity index (χ2v) is 6.92. The summed E-state index contributed by atoms with van der Waals surface area (Å²) in [6, 6.07) is 1.80. The molecule has 2 amide bonds. The van der Waals surface area contributed by atoms with Crippen LogP contribution in [0.25, 0.3) is 0 Å². The highest BCUT2D eigenvalue weighted by Crippen LogP contribution is 2.22. The van der Waals surface area contributed by atoms with Crippen LogP contribution in [-0.2, 0) is 17.9 Å². The molecule has 0 bridgehead atoms. The van der Waals surface area contributed by atoms with Gasteiger partial charge in [-0.1, -0.05) is 0 Å². The summed E-state index contributed by atoms with van der Waals surface area (Å²) < 4.78 is 7.48. The summed E-state index contributed by atoms with van der Waals surface area (Å²) in [6.45, 7) is 5.17. The van der Waals surface area contributed by atoms with Crippen molar-refractivity contribution >= 4 is 11.8 Å². The van der Waals surface area contributed by atoms with E-state index in [2.05, 4.69) is 9.55 Å². The Balaban J connectivity index is 1.58. The molecule has 4 rings (SSSR count). The Bertz CT molecular complexity index is 794. The lowest BCUT2D eigenvalue weighted by Gasteiger charge is -2.27.